The Hall–Kier alpha value is -1.80. The number of hydrogen-bond donors (Lipinski definition) is 0. The van der Waals surface area contributed by atoms with Crippen molar-refractivity contribution in [2.45, 2.75) is 10.8 Å². The molecule has 3 rings (SSSR count). The Morgan fingerprint density at radius 3 is 2.39 bits per heavy atom. The third kappa shape index (κ3) is 2.54. The maximum atomic E-state index is 4.48. The number of benzene rings is 2. The van der Waals surface area contributed by atoms with E-state index in [2.05, 4.69) is 53.5 Å². The Balaban J connectivity index is 1.79. The summed E-state index contributed by atoms with van der Waals surface area (Å²) in [7, 11) is 0. The molecule has 1 aromatic heterocycles. The number of nitrogens with zero attached hydrogens (tertiary/aromatic N) is 1. The highest BCUT2D eigenvalue weighted by Gasteiger charge is 1.99. The van der Waals surface area contributed by atoms with Crippen LogP contribution < -0.4 is 0 Å². The lowest BCUT2D eigenvalue weighted by atomic mass is 10.2. The number of aromatic nitrogens is 1. The van der Waals surface area contributed by atoms with Crippen LogP contribution in [0.3, 0.4) is 0 Å². The normalized spacial score (nSPS) is 10.7. The molecule has 1 heterocycles. The molecule has 3 aromatic rings. The van der Waals surface area contributed by atoms with Crippen molar-refractivity contribution in [3.63, 3.8) is 0 Å². The molecule has 0 radical (unpaired) electrons. The van der Waals surface area contributed by atoms with Crippen LogP contribution in [0.15, 0.2) is 71.9 Å². The van der Waals surface area contributed by atoms with Crippen LogP contribution in [0.1, 0.15) is 5.56 Å². The fourth-order valence-electron chi connectivity index (χ4n) is 1.87. The van der Waals surface area contributed by atoms with Crippen molar-refractivity contribution < 1.29 is 0 Å². The number of hydrogen-bond acceptors (Lipinski definition) is 2. The molecule has 0 saturated heterocycles. The van der Waals surface area contributed by atoms with Crippen molar-refractivity contribution in [3.05, 3.63) is 72.4 Å². The Morgan fingerprint density at radius 2 is 1.56 bits per heavy atom. The van der Waals surface area contributed by atoms with Gasteiger partial charge in [-0.2, -0.15) is 0 Å². The quantitative estimate of drug-likeness (QED) is 0.634. The largest absolute Gasteiger partial charge is 0.249 e. The molecule has 0 N–H and O–H groups in total. The molecule has 0 aliphatic carbocycles. The Labute approximate surface area is 111 Å². The summed E-state index contributed by atoms with van der Waals surface area (Å²) in [5.41, 5.74) is 1.33. The van der Waals surface area contributed by atoms with E-state index in [4.69, 9.17) is 0 Å². The van der Waals surface area contributed by atoms with Crippen molar-refractivity contribution in [1.82, 2.24) is 4.98 Å². The monoisotopic (exact) mass is 251 g/mol. The first-order chi connectivity index (χ1) is 8.92. The molecule has 1 nitrogen and oxygen atoms in total. The van der Waals surface area contributed by atoms with E-state index in [1.807, 2.05) is 18.3 Å². The van der Waals surface area contributed by atoms with E-state index < -0.39 is 0 Å². The van der Waals surface area contributed by atoms with Gasteiger partial charge in [-0.25, -0.2) is 4.98 Å². The highest BCUT2D eigenvalue weighted by atomic mass is 32.2. The van der Waals surface area contributed by atoms with Gasteiger partial charge in [-0.1, -0.05) is 54.6 Å². The Bertz CT molecular complexity index is 649. The van der Waals surface area contributed by atoms with Gasteiger partial charge in [-0.3, -0.25) is 0 Å². The molecular weight excluding hydrogens is 238 g/mol. The lowest BCUT2D eigenvalue weighted by Crippen LogP contribution is -1.83. The molecule has 88 valence electrons. The molecule has 0 atom stereocenters. The summed E-state index contributed by atoms with van der Waals surface area (Å²) in [6.07, 6.45) is 1.95. The molecule has 0 fully saturated rings. The highest BCUT2D eigenvalue weighted by molar-refractivity contribution is 7.98. The van der Waals surface area contributed by atoms with Crippen molar-refractivity contribution in [1.29, 1.82) is 0 Å². The molecule has 0 saturated carbocycles. The van der Waals surface area contributed by atoms with E-state index in [0.29, 0.717) is 0 Å². The third-order valence-electron chi connectivity index (χ3n) is 2.84. The molecule has 2 heteroatoms. The average molecular weight is 251 g/mol. The van der Waals surface area contributed by atoms with Crippen molar-refractivity contribution in [2.75, 3.05) is 0 Å². The summed E-state index contributed by atoms with van der Waals surface area (Å²) in [4.78, 5) is 4.48. The van der Waals surface area contributed by atoms with Crippen LogP contribution in [0.2, 0.25) is 0 Å². The SMILES string of the molecule is c1ccc(CSc2cc3ccccc3cn2)cc1. The molecule has 0 spiro atoms. The van der Waals surface area contributed by atoms with Gasteiger partial charge in [0, 0.05) is 17.3 Å². The van der Waals surface area contributed by atoms with Crippen molar-refractivity contribution in [3.8, 4) is 0 Å². The van der Waals surface area contributed by atoms with Crippen LogP contribution >= 0.6 is 11.8 Å². The molecule has 18 heavy (non-hydrogen) atoms. The van der Waals surface area contributed by atoms with Gasteiger partial charge in [0.05, 0.1) is 5.03 Å². The number of pyridine rings is 1. The van der Waals surface area contributed by atoms with E-state index in [9.17, 15) is 0 Å². The Morgan fingerprint density at radius 1 is 0.833 bits per heavy atom. The standard InChI is InChI=1S/C16H13NS/c1-2-6-13(7-3-1)12-18-16-10-14-8-4-5-9-15(14)11-17-16/h1-11H,12H2. The van der Waals surface area contributed by atoms with E-state index in [0.717, 1.165) is 10.8 Å². The number of fused-ring (bicyclic) bond motifs is 1. The van der Waals surface area contributed by atoms with Gasteiger partial charge in [0.1, 0.15) is 0 Å². The summed E-state index contributed by atoms with van der Waals surface area (Å²) in [5.74, 6) is 0.964. The topological polar surface area (TPSA) is 12.9 Å². The highest BCUT2D eigenvalue weighted by Crippen LogP contribution is 2.23. The minimum absolute atomic E-state index is 0.964. The predicted molar refractivity (Wildman–Crippen MR) is 77.7 cm³/mol. The average Bonchev–Trinajstić information content (AvgIpc) is 2.46. The van der Waals surface area contributed by atoms with Gasteiger partial charge >= 0.3 is 0 Å². The van der Waals surface area contributed by atoms with E-state index in [-0.39, 0.29) is 0 Å². The first kappa shape index (κ1) is 11.3. The molecule has 0 aliphatic rings. The van der Waals surface area contributed by atoms with E-state index in [1.165, 1.54) is 16.3 Å². The van der Waals surface area contributed by atoms with Crippen LogP contribution in [-0.2, 0) is 5.75 Å². The molecule has 0 aliphatic heterocycles. The van der Waals surface area contributed by atoms with Crippen LogP contribution in [0.4, 0.5) is 0 Å². The summed E-state index contributed by atoms with van der Waals surface area (Å²) in [6, 6.07) is 21.0. The van der Waals surface area contributed by atoms with Gasteiger partial charge < -0.3 is 0 Å². The maximum Gasteiger partial charge on any atom is 0.0969 e. The molecular formula is C16H13NS. The molecule has 2 aromatic carbocycles. The second-order valence-electron chi connectivity index (χ2n) is 4.14. The van der Waals surface area contributed by atoms with Gasteiger partial charge in [0.15, 0.2) is 0 Å². The second-order valence-corrected chi connectivity index (χ2v) is 5.14. The van der Waals surface area contributed by atoms with E-state index >= 15 is 0 Å². The molecule has 0 unspecified atom stereocenters. The van der Waals surface area contributed by atoms with Gasteiger partial charge in [0.25, 0.3) is 0 Å². The van der Waals surface area contributed by atoms with Gasteiger partial charge in [0.2, 0.25) is 0 Å². The predicted octanol–water partition coefficient (Wildman–Crippen LogP) is 4.53. The first-order valence-corrected chi connectivity index (χ1v) is 6.92. The maximum absolute atomic E-state index is 4.48. The van der Waals surface area contributed by atoms with Crippen molar-refractivity contribution >= 4 is 22.5 Å². The van der Waals surface area contributed by atoms with Gasteiger partial charge in [-0.05, 0) is 17.0 Å². The first-order valence-electron chi connectivity index (χ1n) is 5.93. The summed E-state index contributed by atoms with van der Waals surface area (Å²) in [5, 5.41) is 3.53. The molecule has 0 amide bonds. The minimum Gasteiger partial charge on any atom is -0.249 e. The van der Waals surface area contributed by atoms with Crippen LogP contribution in [0.5, 0.6) is 0 Å². The summed E-state index contributed by atoms with van der Waals surface area (Å²) < 4.78 is 0. The summed E-state index contributed by atoms with van der Waals surface area (Å²) in [6.45, 7) is 0. The smallest absolute Gasteiger partial charge is 0.0969 e. The third-order valence-corrected chi connectivity index (χ3v) is 3.83. The van der Waals surface area contributed by atoms with Crippen LogP contribution in [-0.4, -0.2) is 4.98 Å². The molecule has 0 bridgehead atoms. The zero-order valence-corrected chi connectivity index (χ0v) is 10.7. The number of thioether (sulfide) groups is 1. The van der Waals surface area contributed by atoms with Gasteiger partial charge in [-0.15, -0.1) is 11.8 Å². The zero-order chi connectivity index (χ0) is 12.2. The summed E-state index contributed by atoms with van der Waals surface area (Å²) >= 11 is 1.78. The van der Waals surface area contributed by atoms with Crippen LogP contribution in [0, 0.1) is 0 Å². The number of rotatable bonds is 3. The lowest BCUT2D eigenvalue weighted by Gasteiger charge is -2.03. The minimum atomic E-state index is 0.964. The fourth-order valence-corrected chi connectivity index (χ4v) is 2.72. The second kappa shape index (κ2) is 5.23. The van der Waals surface area contributed by atoms with E-state index in [1.54, 1.807) is 11.8 Å². The zero-order valence-electron chi connectivity index (χ0n) is 9.91. The van der Waals surface area contributed by atoms with Crippen molar-refractivity contribution in [2.24, 2.45) is 0 Å². The van der Waals surface area contributed by atoms with Crippen LogP contribution in [0.25, 0.3) is 10.8 Å². The lowest BCUT2D eigenvalue weighted by molar-refractivity contribution is 1.15. The Kier molecular flexibility index (Phi) is 3.29. The fraction of sp³-hybridized carbons (Fsp3) is 0.0625.